The molecule has 0 bridgehead atoms. The maximum atomic E-state index is 10.7. The number of allylic oxidation sites excluding steroid dienone is 3. The molecule has 1 aromatic rings. The SMILES string of the molecule is CSC(SC)=C(C)C(=C(C#N)C#N)c1ccc([N+](=O)[O-])cc1. The second-order valence-corrected chi connectivity index (χ2v) is 5.99. The summed E-state index contributed by atoms with van der Waals surface area (Å²) >= 11 is 3.06. The molecular formula is C15H13N3O2S2. The van der Waals surface area contributed by atoms with E-state index in [4.69, 9.17) is 0 Å². The predicted molar refractivity (Wildman–Crippen MR) is 91.0 cm³/mol. The van der Waals surface area contributed by atoms with Crippen molar-refractivity contribution >= 4 is 34.8 Å². The third-order valence-corrected chi connectivity index (χ3v) is 5.25. The molecule has 0 heterocycles. The van der Waals surface area contributed by atoms with Gasteiger partial charge in [0.05, 0.1) is 4.92 Å². The minimum atomic E-state index is -0.486. The Balaban J connectivity index is 3.59. The molecule has 0 radical (unpaired) electrons. The van der Waals surface area contributed by atoms with Crippen LogP contribution in [0.3, 0.4) is 0 Å². The molecule has 0 aromatic heterocycles. The van der Waals surface area contributed by atoms with Gasteiger partial charge >= 0.3 is 0 Å². The van der Waals surface area contributed by atoms with E-state index in [1.807, 2.05) is 31.6 Å². The monoisotopic (exact) mass is 331 g/mol. The molecule has 0 saturated heterocycles. The number of thioether (sulfide) groups is 2. The number of nitro groups is 1. The van der Waals surface area contributed by atoms with Gasteiger partial charge in [-0.25, -0.2) is 0 Å². The van der Waals surface area contributed by atoms with Crippen LogP contribution in [-0.4, -0.2) is 17.4 Å². The van der Waals surface area contributed by atoms with Gasteiger partial charge < -0.3 is 0 Å². The van der Waals surface area contributed by atoms with E-state index in [1.54, 1.807) is 12.1 Å². The molecule has 1 aromatic carbocycles. The second kappa shape index (κ2) is 8.28. The largest absolute Gasteiger partial charge is 0.269 e. The van der Waals surface area contributed by atoms with Crippen molar-refractivity contribution in [3.8, 4) is 12.1 Å². The molecular weight excluding hydrogens is 318 g/mol. The van der Waals surface area contributed by atoms with Gasteiger partial charge in [0.2, 0.25) is 0 Å². The van der Waals surface area contributed by atoms with Crippen LogP contribution in [0.15, 0.2) is 39.6 Å². The molecule has 0 amide bonds. The van der Waals surface area contributed by atoms with E-state index in [0.717, 1.165) is 9.81 Å². The number of nitriles is 2. The van der Waals surface area contributed by atoms with Crippen molar-refractivity contribution in [1.29, 1.82) is 10.5 Å². The van der Waals surface area contributed by atoms with Crippen LogP contribution in [0.5, 0.6) is 0 Å². The summed E-state index contributed by atoms with van der Waals surface area (Å²) in [6, 6.07) is 9.66. The van der Waals surface area contributed by atoms with E-state index in [1.165, 1.54) is 35.7 Å². The molecule has 0 unspecified atom stereocenters. The first-order valence-electron chi connectivity index (χ1n) is 6.08. The second-order valence-electron chi connectivity index (χ2n) is 4.10. The third kappa shape index (κ3) is 3.91. The Labute approximate surface area is 137 Å². The average Bonchev–Trinajstić information content (AvgIpc) is 2.53. The normalized spacial score (nSPS) is 9.32. The van der Waals surface area contributed by atoms with Gasteiger partial charge in [-0.05, 0) is 42.7 Å². The van der Waals surface area contributed by atoms with Gasteiger partial charge in [-0.3, -0.25) is 10.1 Å². The molecule has 0 aliphatic carbocycles. The Morgan fingerprint density at radius 3 is 2.00 bits per heavy atom. The van der Waals surface area contributed by atoms with Crippen LogP contribution in [0.4, 0.5) is 5.69 Å². The third-order valence-electron chi connectivity index (χ3n) is 2.89. The van der Waals surface area contributed by atoms with E-state index < -0.39 is 4.92 Å². The molecule has 5 nitrogen and oxygen atoms in total. The van der Waals surface area contributed by atoms with Crippen molar-refractivity contribution in [2.24, 2.45) is 0 Å². The fourth-order valence-corrected chi connectivity index (χ4v) is 3.41. The zero-order valence-electron chi connectivity index (χ0n) is 12.3. The molecule has 0 spiro atoms. The molecule has 112 valence electrons. The number of hydrogen-bond acceptors (Lipinski definition) is 6. The molecule has 0 N–H and O–H groups in total. The summed E-state index contributed by atoms with van der Waals surface area (Å²) in [7, 11) is 0. The number of benzene rings is 1. The standard InChI is InChI=1S/C15H13N3O2S2/c1-10(15(21-2)22-3)14(12(8-16)9-17)11-4-6-13(7-5-11)18(19)20/h4-7H,1-3H3. The topological polar surface area (TPSA) is 90.7 Å². The maximum absolute atomic E-state index is 10.7. The van der Waals surface area contributed by atoms with Gasteiger partial charge in [0, 0.05) is 21.9 Å². The van der Waals surface area contributed by atoms with Crippen molar-refractivity contribution in [2.45, 2.75) is 6.92 Å². The first-order chi connectivity index (χ1) is 10.5. The molecule has 0 aliphatic heterocycles. The Bertz CT molecular complexity index is 701. The zero-order chi connectivity index (χ0) is 16.7. The van der Waals surface area contributed by atoms with Crippen molar-refractivity contribution in [2.75, 3.05) is 12.5 Å². The maximum Gasteiger partial charge on any atom is 0.269 e. The molecule has 0 saturated carbocycles. The Morgan fingerprint density at radius 2 is 1.64 bits per heavy atom. The Morgan fingerprint density at radius 1 is 1.14 bits per heavy atom. The van der Waals surface area contributed by atoms with Crippen LogP contribution in [0, 0.1) is 32.8 Å². The molecule has 22 heavy (non-hydrogen) atoms. The Hall–Kier alpha value is -2.22. The quantitative estimate of drug-likeness (QED) is 0.345. The van der Waals surface area contributed by atoms with Crippen molar-refractivity contribution in [3.05, 3.63) is 55.3 Å². The number of nitrogens with zero attached hydrogens (tertiary/aromatic N) is 3. The van der Waals surface area contributed by atoms with E-state index in [9.17, 15) is 20.6 Å². The highest BCUT2D eigenvalue weighted by molar-refractivity contribution is 8.21. The van der Waals surface area contributed by atoms with E-state index in [2.05, 4.69) is 0 Å². The number of non-ortho nitro benzene ring substituents is 1. The lowest BCUT2D eigenvalue weighted by Crippen LogP contribution is -1.95. The highest BCUT2D eigenvalue weighted by atomic mass is 32.2. The summed E-state index contributed by atoms with van der Waals surface area (Å²) in [6.07, 6.45) is 3.84. The van der Waals surface area contributed by atoms with Crippen molar-refractivity contribution in [3.63, 3.8) is 0 Å². The highest BCUT2D eigenvalue weighted by Gasteiger charge is 2.16. The van der Waals surface area contributed by atoms with Crippen LogP contribution in [-0.2, 0) is 0 Å². The van der Waals surface area contributed by atoms with Gasteiger partial charge in [0.1, 0.15) is 17.7 Å². The van der Waals surface area contributed by atoms with Gasteiger partial charge in [-0.15, -0.1) is 23.5 Å². The van der Waals surface area contributed by atoms with Crippen LogP contribution in [0.25, 0.3) is 5.57 Å². The summed E-state index contributed by atoms with van der Waals surface area (Å²) in [6.45, 7) is 1.84. The molecule has 0 fully saturated rings. The van der Waals surface area contributed by atoms with Crippen molar-refractivity contribution in [1.82, 2.24) is 0 Å². The lowest BCUT2D eigenvalue weighted by Gasteiger charge is -2.12. The minimum Gasteiger partial charge on any atom is -0.258 e. The lowest BCUT2D eigenvalue weighted by molar-refractivity contribution is -0.384. The summed E-state index contributed by atoms with van der Waals surface area (Å²) in [5.41, 5.74) is 1.90. The lowest BCUT2D eigenvalue weighted by atomic mass is 9.95. The summed E-state index contributed by atoms with van der Waals surface area (Å²) in [5, 5.41) is 29.1. The van der Waals surface area contributed by atoms with Crippen LogP contribution < -0.4 is 0 Å². The highest BCUT2D eigenvalue weighted by Crippen LogP contribution is 2.36. The first kappa shape index (κ1) is 17.8. The summed E-state index contributed by atoms with van der Waals surface area (Å²) < 4.78 is 0.983. The fourth-order valence-electron chi connectivity index (χ4n) is 1.93. The molecule has 1 rings (SSSR count). The average molecular weight is 331 g/mol. The van der Waals surface area contributed by atoms with Crippen LogP contribution >= 0.6 is 23.5 Å². The van der Waals surface area contributed by atoms with Gasteiger partial charge in [-0.1, -0.05) is 0 Å². The zero-order valence-corrected chi connectivity index (χ0v) is 13.9. The van der Waals surface area contributed by atoms with Gasteiger partial charge in [0.15, 0.2) is 0 Å². The smallest absolute Gasteiger partial charge is 0.258 e. The number of nitro benzene ring substituents is 1. The van der Waals surface area contributed by atoms with Crippen LogP contribution in [0.1, 0.15) is 12.5 Å². The predicted octanol–water partition coefficient (Wildman–Crippen LogP) is 4.35. The fraction of sp³-hybridized carbons (Fsp3) is 0.200. The number of rotatable bonds is 5. The van der Waals surface area contributed by atoms with Gasteiger partial charge in [-0.2, -0.15) is 10.5 Å². The molecule has 0 aliphatic rings. The minimum absolute atomic E-state index is 0.00745. The first-order valence-corrected chi connectivity index (χ1v) is 8.53. The van der Waals surface area contributed by atoms with E-state index >= 15 is 0 Å². The summed E-state index contributed by atoms with van der Waals surface area (Å²) in [5.74, 6) is 0. The molecule has 7 heteroatoms. The Kier molecular flexibility index (Phi) is 6.71. The van der Waals surface area contributed by atoms with Crippen LogP contribution in [0.2, 0.25) is 0 Å². The number of hydrogen-bond donors (Lipinski definition) is 0. The van der Waals surface area contributed by atoms with Gasteiger partial charge in [0.25, 0.3) is 5.69 Å². The van der Waals surface area contributed by atoms with Crippen molar-refractivity contribution < 1.29 is 4.92 Å². The van der Waals surface area contributed by atoms with E-state index in [0.29, 0.717) is 11.1 Å². The van der Waals surface area contributed by atoms with E-state index in [-0.39, 0.29) is 11.3 Å². The molecule has 0 atom stereocenters. The summed E-state index contributed by atoms with van der Waals surface area (Å²) in [4.78, 5) is 10.3.